The molecule has 0 saturated heterocycles. The maximum absolute atomic E-state index is 11.9. The maximum atomic E-state index is 11.9. The van der Waals surface area contributed by atoms with Gasteiger partial charge in [-0.05, 0) is 26.0 Å². The molecule has 0 unspecified atom stereocenters. The highest BCUT2D eigenvalue weighted by Gasteiger charge is 2.11. The second-order valence-corrected chi connectivity index (χ2v) is 4.79. The van der Waals surface area contributed by atoms with Gasteiger partial charge in [0.2, 0.25) is 0 Å². The van der Waals surface area contributed by atoms with Gasteiger partial charge in [-0.15, -0.1) is 18.3 Å². The Balaban J connectivity index is 2.84. The van der Waals surface area contributed by atoms with Crippen LogP contribution in [0.5, 0.6) is 0 Å². The summed E-state index contributed by atoms with van der Waals surface area (Å²) < 4.78 is 0. The minimum absolute atomic E-state index is 0.0119. The molecule has 0 fully saturated rings. The zero-order valence-electron chi connectivity index (χ0n) is 9.69. The Kier molecular flexibility index (Phi) is 5.12. The molecule has 0 saturated carbocycles. The highest BCUT2D eigenvalue weighted by Crippen LogP contribution is 2.22. The first-order chi connectivity index (χ1) is 7.65. The summed E-state index contributed by atoms with van der Waals surface area (Å²) in [6.45, 7) is 7.59. The van der Waals surface area contributed by atoms with E-state index in [1.807, 2.05) is 44.2 Å². The fourth-order valence-corrected chi connectivity index (χ4v) is 2.06. The van der Waals surface area contributed by atoms with E-state index in [0.29, 0.717) is 0 Å². The Labute approximate surface area is 101 Å². The summed E-state index contributed by atoms with van der Waals surface area (Å²) in [4.78, 5) is 12.9. The zero-order valence-corrected chi connectivity index (χ0v) is 10.5. The molecule has 0 aliphatic rings. The Hall–Kier alpha value is -1.22. The highest BCUT2D eigenvalue weighted by molar-refractivity contribution is 7.99. The summed E-state index contributed by atoms with van der Waals surface area (Å²) >= 11 is 1.62. The van der Waals surface area contributed by atoms with E-state index in [9.17, 15) is 4.79 Å². The van der Waals surface area contributed by atoms with Gasteiger partial charge in [-0.3, -0.25) is 4.79 Å². The van der Waals surface area contributed by atoms with Crippen molar-refractivity contribution in [2.45, 2.75) is 24.8 Å². The minimum atomic E-state index is -0.0119. The second-order valence-electron chi connectivity index (χ2n) is 3.72. The molecule has 0 bridgehead atoms. The third-order valence-corrected chi connectivity index (χ3v) is 2.98. The number of hydrogen-bond donors (Lipinski definition) is 1. The number of benzene rings is 1. The Morgan fingerprint density at radius 1 is 1.50 bits per heavy atom. The third kappa shape index (κ3) is 3.74. The van der Waals surface area contributed by atoms with Crippen molar-refractivity contribution in [2.75, 3.05) is 5.75 Å². The van der Waals surface area contributed by atoms with Crippen molar-refractivity contribution in [3.8, 4) is 0 Å². The average molecular weight is 235 g/mol. The van der Waals surface area contributed by atoms with E-state index in [1.54, 1.807) is 11.8 Å². The summed E-state index contributed by atoms with van der Waals surface area (Å²) in [6.07, 6.45) is 1.84. The molecule has 0 heterocycles. The van der Waals surface area contributed by atoms with Crippen molar-refractivity contribution in [1.82, 2.24) is 5.32 Å². The van der Waals surface area contributed by atoms with Crippen LogP contribution in [0.3, 0.4) is 0 Å². The van der Waals surface area contributed by atoms with Gasteiger partial charge in [-0.25, -0.2) is 0 Å². The molecule has 0 aliphatic carbocycles. The Morgan fingerprint density at radius 3 is 2.81 bits per heavy atom. The van der Waals surface area contributed by atoms with Gasteiger partial charge in [0.25, 0.3) is 5.91 Å². The molecule has 2 nitrogen and oxygen atoms in total. The van der Waals surface area contributed by atoms with E-state index in [2.05, 4.69) is 11.9 Å². The van der Waals surface area contributed by atoms with Gasteiger partial charge in [-0.2, -0.15) is 0 Å². The SMILES string of the molecule is C=CCSc1ccccc1C(=O)NC(C)C. The standard InChI is InChI=1S/C13H17NOS/c1-4-9-16-12-8-6-5-7-11(12)13(15)14-10(2)3/h4-8,10H,1,9H2,2-3H3,(H,14,15). The van der Waals surface area contributed by atoms with Gasteiger partial charge in [0.05, 0.1) is 5.56 Å². The lowest BCUT2D eigenvalue weighted by molar-refractivity contribution is 0.0940. The third-order valence-electron chi connectivity index (χ3n) is 1.91. The van der Waals surface area contributed by atoms with Crippen molar-refractivity contribution in [2.24, 2.45) is 0 Å². The molecule has 0 aromatic heterocycles. The largest absolute Gasteiger partial charge is 0.350 e. The number of carbonyl (C=O) groups is 1. The summed E-state index contributed by atoms with van der Waals surface area (Å²) in [5.74, 6) is 0.800. The van der Waals surface area contributed by atoms with Crippen LogP contribution in [0.25, 0.3) is 0 Å². The monoisotopic (exact) mass is 235 g/mol. The van der Waals surface area contributed by atoms with Crippen molar-refractivity contribution < 1.29 is 4.79 Å². The predicted molar refractivity (Wildman–Crippen MR) is 70.0 cm³/mol. The van der Waals surface area contributed by atoms with E-state index in [1.165, 1.54) is 0 Å². The van der Waals surface area contributed by atoms with Crippen molar-refractivity contribution in [1.29, 1.82) is 0 Å². The molecule has 1 rings (SSSR count). The van der Waals surface area contributed by atoms with Crippen molar-refractivity contribution >= 4 is 17.7 Å². The molecular weight excluding hydrogens is 218 g/mol. The van der Waals surface area contributed by atoms with E-state index in [0.717, 1.165) is 16.2 Å². The molecule has 1 amide bonds. The number of amides is 1. The van der Waals surface area contributed by atoms with Crippen LogP contribution in [-0.2, 0) is 0 Å². The first kappa shape index (κ1) is 12.8. The molecule has 0 aliphatic heterocycles. The maximum Gasteiger partial charge on any atom is 0.252 e. The normalized spacial score (nSPS) is 10.2. The minimum Gasteiger partial charge on any atom is -0.350 e. The summed E-state index contributed by atoms with van der Waals surface area (Å²) in [6, 6.07) is 7.79. The Morgan fingerprint density at radius 2 is 2.19 bits per heavy atom. The first-order valence-corrected chi connectivity index (χ1v) is 6.27. The van der Waals surface area contributed by atoms with Gasteiger partial charge in [-0.1, -0.05) is 18.2 Å². The summed E-state index contributed by atoms with van der Waals surface area (Å²) in [5, 5.41) is 2.90. The Bertz CT molecular complexity index is 374. The number of hydrogen-bond acceptors (Lipinski definition) is 2. The first-order valence-electron chi connectivity index (χ1n) is 5.28. The van der Waals surface area contributed by atoms with E-state index < -0.39 is 0 Å². The number of rotatable bonds is 5. The fraction of sp³-hybridized carbons (Fsp3) is 0.308. The van der Waals surface area contributed by atoms with Crippen LogP contribution in [0.4, 0.5) is 0 Å². The van der Waals surface area contributed by atoms with E-state index in [-0.39, 0.29) is 11.9 Å². The van der Waals surface area contributed by atoms with Crippen LogP contribution in [0.2, 0.25) is 0 Å². The highest BCUT2D eigenvalue weighted by atomic mass is 32.2. The lowest BCUT2D eigenvalue weighted by Gasteiger charge is -2.11. The molecule has 0 radical (unpaired) electrons. The molecule has 0 spiro atoms. The fourth-order valence-electron chi connectivity index (χ4n) is 1.27. The van der Waals surface area contributed by atoms with Crippen LogP contribution in [0, 0.1) is 0 Å². The quantitative estimate of drug-likeness (QED) is 0.627. The van der Waals surface area contributed by atoms with Gasteiger partial charge in [0.1, 0.15) is 0 Å². The van der Waals surface area contributed by atoms with Crippen LogP contribution in [0.1, 0.15) is 24.2 Å². The predicted octanol–water partition coefficient (Wildman–Crippen LogP) is 3.10. The van der Waals surface area contributed by atoms with Crippen LogP contribution >= 0.6 is 11.8 Å². The van der Waals surface area contributed by atoms with Crippen LogP contribution in [0.15, 0.2) is 41.8 Å². The van der Waals surface area contributed by atoms with Crippen LogP contribution in [-0.4, -0.2) is 17.7 Å². The smallest absolute Gasteiger partial charge is 0.252 e. The lowest BCUT2D eigenvalue weighted by Crippen LogP contribution is -2.30. The van der Waals surface area contributed by atoms with Crippen LogP contribution < -0.4 is 5.32 Å². The number of carbonyl (C=O) groups excluding carboxylic acids is 1. The molecule has 1 aromatic rings. The molecule has 3 heteroatoms. The number of thioether (sulfide) groups is 1. The second kappa shape index (κ2) is 6.38. The summed E-state index contributed by atoms with van der Waals surface area (Å²) in [7, 11) is 0. The van der Waals surface area contributed by atoms with E-state index in [4.69, 9.17) is 0 Å². The topological polar surface area (TPSA) is 29.1 Å². The van der Waals surface area contributed by atoms with Gasteiger partial charge < -0.3 is 5.32 Å². The average Bonchev–Trinajstić information content (AvgIpc) is 2.25. The van der Waals surface area contributed by atoms with E-state index >= 15 is 0 Å². The molecule has 86 valence electrons. The number of nitrogens with one attached hydrogen (secondary N) is 1. The zero-order chi connectivity index (χ0) is 12.0. The van der Waals surface area contributed by atoms with Gasteiger partial charge in [0, 0.05) is 16.7 Å². The lowest BCUT2D eigenvalue weighted by atomic mass is 10.2. The molecular formula is C13H17NOS. The molecule has 16 heavy (non-hydrogen) atoms. The van der Waals surface area contributed by atoms with Gasteiger partial charge >= 0.3 is 0 Å². The molecule has 0 atom stereocenters. The molecule has 1 aromatic carbocycles. The van der Waals surface area contributed by atoms with Gasteiger partial charge in [0.15, 0.2) is 0 Å². The van der Waals surface area contributed by atoms with Crippen molar-refractivity contribution in [3.05, 3.63) is 42.5 Å². The molecule has 1 N–H and O–H groups in total. The summed E-state index contributed by atoms with van der Waals surface area (Å²) in [5.41, 5.74) is 0.739. The van der Waals surface area contributed by atoms with Crippen molar-refractivity contribution in [3.63, 3.8) is 0 Å².